The Hall–Kier alpha value is 0.466. The van der Waals surface area contributed by atoms with Crippen LogP contribution in [-0.2, 0) is 12.8 Å². The topological polar surface area (TPSA) is 0 Å². The van der Waals surface area contributed by atoms with Crippen molar-refractivity contribution in [3.63, 3.8) is 0 Å². The Labute approximate surface area is 133 Å². The zero-order chi connectivity index (χ0) is 10.9. The molecular weight excluding hydrogens is 284 g/mol. The summed E-state index contributed by atoms with van der Waals surface area (Å²) in [6.45, 7) is 6.14. The maximum absolute atomic E-state index is 3.88. The van der Waals surface area contributed by atoms with E-state index < -0.39 is 0 Å². The summed E-state index contributed by atoms with van der Waals surface area (Å²) in [7, 11) is 0. The standard InChI is InChI=1S/C15H23.BrH.Mg/c1-3-5-6-7-8-9-15-12-10-14(4-2)11-13-15;;/h10-13H,2-9H2,1H3;1H;/q-1;;+2/p-1. The minimum Gasteiger partial charge on any atom is -1.00 e. The van der Waals surface area contributed by atoms with Crippen LogP contribution >= 0.6 is 0 Å². The Kier molecular flexibility index (Phi) is 15.0. The first-order chi connectivity index (χ1) is 7.36. The Morgan fingerprint density at radius 2 is 1.41 bits per heavy atom. The average molecular weight is 308 g/mol. The predicted molar refractivity (Wildman–Crippen MR) is 73.7 cm³/mol. The molecule has 0 aliphatic carbocycles. The van der Waals surface area contributed by atoms with Crippen LogP contribution in [0.1, 0.15) is 50.2 Å². The molecule has 0 N–H and O–H groups in total. The molecule has 0 aromatic heterocycles. The molecule has 0 nitrogen and oxygen atoms in total. The third-order valence-corrected chi connectivity index (χ3v) is 2.88. The van der Waals surface area contributed by atoms with Gasteiger partial charge in [0.25, 0.3) is 0 Å². The molecule has 0 radical (unpaired) electrons. The van der Waals surface area contributed by atoms with Crippen LogP contribution in [0, 0.1) is 6.92 Å². The summed E-state index contributed by atoms with van der Waals surface area (Å²) in [5.41, 5.74) is 2.81. The van der Waals surface area contributed by atoms with Gasteiger partial charge >= 0.3 is 23.1 Å². The van der Waals surface area contributed by atoms with Gasteiger partial charge in [-0.25, -0.2) is 0 Å². The maximum atomic E-state index is 3.88. The smallest absolute Gasteiger partial charge is 1.00 e. The Bertz CT molecular complexity index is 256. The van der Waals surface area contributed by atoms with Gasteiger partial charge in [-0.3, -0.25) is 0 Å². The minimum atomic E-state index is 0. The second-order valence-electron chi connectivity index (χ2n) is 4.23. The SMILES string of the molecule is [Br-].[CH2-]Cc1ccc(CCCCCCC)cc1.[Mg+2]. The van der Waals surface area contributed by atoms with E-state index in [1.165, 1.54) is 49.7 Å². The number of rotatable bonds is 7. The van der Waals surface area contributed by atoms with Gasteiger partial charge in [-0.05, 0) is 18.4 Å². The number of unbranched alkanes of at least 4 members (excludes halogenated alkanes) is 4. The van der Waals surface area contributed by atoms with Gasteiger partial charge in [-0.15, -0.1) is 0 Å². The monoisotopic (exact) mass is 306 g/mol. The van der Waals surface area contributed by atoms with Gasteiger partial charge in [0.1, 0.15) is 0 Å². The summed E-state index contributed by atoms with van der Waals surface area (Å²) in [5.74, 6) is 0. The Balaban J connectivity index is 0. The summed E-state index contributed by atoms with van der Waals surface area (Å²) in [5, 5.41) is 0. The van der Waals surface area contributed by atoms with Gasteiger partial charge in [0, 0.05) is 0 Å². The third-order valence-electron chi connectivity index (χ3n) is 2.88. The van der Waals surface area contributed by atoms with Crippen molar-refractivity contribution >= 4 is 23.1 Å². The van der Waals surface area contributed by atoms with Crippen molar-refractivity contribution in [2.45, 2.75) is 51.9 Å². The fourth-order valence-corrected chi connectivity index (χ4v) is 1.81. The van der Waals surface area contributed by atoms with Crippen molar-refractivity contribution in [1.29, 1.82) is 0 Å². The van der Waals surface area contributed by atoms with E-state index in [1.807, 2.05) is 0 Å². The number of halogens is 1. The molecule has 0 spiro atoms. The molecular formula is C15H23BrMg. The van der Waals surface area contributed by atoms with Crippen molar-refractivity contribution in [3.8, 4) is 0 Å². The first-order valence-corrected chi connectivity index (χ1v) is 6.24. The van der Waals surface area contributed by atoms with Crippen LogP contribution in [0.2, 0.25) is 0 Å². The van der Waals surface area contributed by atoms with Gasteiger partial charge in [0.15, 0.2) is 0 Å². The number of aryl methyl sites for hydroxylation is 1. The fraction of sp³-hybridized carbons (Fsp3) is 0.533. The molecule has 92 valence electrons. The van der Waals surface area contributed by atoms with Crippen molar-refractivity contribution in [1.82, 2.24) is 0 Å². The van der Waals surface area contributed by atoms with Crippen molar-refractivity contribution in [2.24, 2.45) is 0 Å². The molecule has 0 amide bonds. The normalized spacial score (nSPS) is 9.29. The molecule has 0 saturated carbocycles. The molecule has 0 aliphatic rings. The summed E-state index contributed by atoms with van der Waals surface area (Å²) in [4.78, 5) is 0. The van der Waals surface area contributed by atoms with E-state index >= 15 is 0 Å². The second kappa shape index (κ2) is 12.9. The van der Waals surface area contributed by atoms with E-state index in [-0.39, 0.29) is 40.0 Å². The zero-order valence-corrected chi connectivity index (χ0v) is 14.1. The van der Waals surface area contributed by atoms with Crippen molar-refractivity contribution in [2.75, 3.05) is 0 Å². The molecule has 0 saturated heterocycles. The van der Waals surface area contributed by atoms with E-state index in [2.05, 4.69) is 38.1 Å². The third kappa shape index (κ3) is 9.09. The van der Waals surface area contributed by atoms with Crippen molar-refractivity contribution < 1.29 is 17.0 Å². The maximum Gasteiger partial charge on any atom is 2.00 e. The van der Waals surface area contributed by atoms with E-state index in [1.54, 1.807) is 0 Å². The average Bonchev–Trinajstić information content (AvgIpc) is 2.30. The first-order valence-electron chi connectivity index (χ1n) is 6.24. The van der Waals surface area contributed by atoms with Crippen LogP contribution in [0.25, 0.3) is 0 Å². The molecule has 2 heteroatoms. The van der Waals surface area contributed by atoms with Crippen LogP contribution in [0.5, 0.6) is 0 Å². The van der Waals surface area contributed by atoms with Crippen LogP contribution in [0.4, 0.5) is 0 Å². The van der Waals surface area contributed by atoms with Gasteiger partial charge in [0.05, 0.1) is 0 Å². The quantitative estimate of drug-likeness (QED) is 0.403. The summed E-state index contributed by atoms with van der Waals surface area (Å²) < 4.78 is 0. The summed E-state index contributed by atoms with van der Waals surface area (Å²) in [6, 6.07) is 8.91. The van der Waals surface area contributed by atoms with Crippen LogP contribution in [0.3, 0.4) is 0 Å². The molecule has 17 heavy (non-hydrogen) atoms. The van der Waals surface area contributed by atoms with Crippen molar-refractivity contribution in [3.05, 3.63) is 42.3 Å². The molecule has 1 aromatic rings. The molecule has 0 heterocycles. The number of hydrogen-bond acceptors (Lipinski definition) is 0. The van der Waals surface area contributed by atoms with E-state index in [0.717, 1.165) is 6.42 Å². The number of benzene rings is 1. The molecule has 0 aliphatic heterocycles. The molecule has 0 fully saturated rings. The fourth-order valence-electron chi connectivity index (χ4n) is 1.81. The molecule has 0 atom stereocenters. The molecule has 1 rings (SSSR count). The molecule has 0 unspecified atom stereocenters. The van der Waals surface area contributed by atoms with E-state index in [9.17, 15) is 0 Å². The molecule has 1 aromatic carbocycles. The molecule has 0 bridgehead atoms. The van der Waals surface area contributed by atoms with Crippen LogP contribution in [0.15, 0.2) is 24.3 Å². The van der Waals surface area contributed by atoms with Crippen LogP contribution < -0.4 is 17.0 Å². The van der Waals surface area contributed by atoms with Gasteiger partial charge < -0.3 is 23.9 Å². The van der Waals surface area contributed by atoms with E-state index in [0.29, 0.717) is 0 Å². The van der Waals surface area contributed by atoms with Gasteiger partial charge in [0.2, 0.25) is 0 Å². The van der Waals surface area contributed by atoms with Gasteiger partial charge in [-0.2, -0.15) is 6.42 Å². The first kappa shape index (κ1) is 19.8. The Morgan fingerprint density at radius 3 is 1.94 bits per heavy atom. The predicted octanol–water partition coefficient (Wildman–Crippen LogP) is 1.20. The second-order valence-corrected chi connectivity index (χ2v) is 4.23. The zero-order valence-electron chi connectivity index (χ0n) is 11.1. The Morgan fingerprint density at radius 1 is 0.882 bits per heavy atom. The summed E-state index contributed by atoms with van der Waals surface area (Å²) >= 11 is 0. The van der Waals surface area contributed by atoms with Gasteiger partial charge in [-0.1, -0.05) is 62.4 Å². The summed E-state index contributed by atoms with van der Waals surface area (Å²) in [6.07, 6.45) is 8.97. The minimum absolute atomic E-state index is 0. The van der Waals surface area contributed by atoms with E-state index in [4.69, 9.17) is 0 Å². The number of hydrogen-bond donors (Lipinski definition) is 0. The van der Waals surface area contributed by atoms with Crippen LogP contribution in [-0.4, -0.2) is 23.1 Å². The largest absolute Gasteiger partial charge is 2.00 e.